The van der Waals surface area contributed by atoms with E-state index in [0.29, 0.717) is 0 Å². The van der Waals surface area contributed by atoms with Gasteiger partial charge < -0.3 is 0 Å². The van der Waals surface area contributed by atoms with Crippen LogP contribution in [0, 0.1) is 0 Å². The molecule has 0 spiro atoms. The first kappa shape index (κ1) is 6.78. The molecule has 2 rings (SSSR count). The molecule has 0 aliphatic heterocycles. The average molecular weight is 171 g/mol. The Kier molecular flexibility index (Phi) is 1.98. The van der Waals surface area contributed by atoms with E-state index in [1.807, 2.05) is 36.4 Å². The fourth-order valence-electron chi connectivity index (χ4n) is 1.19. The van der Waals surface area contributed by atoms with Gasteiger partial charge in [-0.25, -0.2) is 9.97 Å². The standard InChI is InChI=1S/C11H10N2/c1-2-4-10(5-3-1)8-11-6-7-12-9-13-11/h1-7,9H,8H2/i9D. The summed E-state index contributed by atoms with van der Waals surface area (Å²) in [5, 5.41) is 0. The maximum Gasteiger partial charge on any atom is 0.115 e. The first-order valence-corrected chi connectivity index (χ1v) is 4.17. The zero-order chi connectivity index (χ0) is 9.80. The van der Waals surface area contributed by atoms with Crippen LogP contribution in [0.3, 0.4) is 0 Å². The van der Waals surface area contributed by atoms with Crippen molar-refractivity contribution < 1.29 is 1.37 Å². The van der Waals surface area contributed by atoms with E-state index in [4.69, 9.17) is 1.37 Å². The van der Waals surface area contributed by atoms with Gasteiger partial charge in [-0.1, -0.05) is 30.3 Å². The largest absolute Gasteiger partial charge is 0.245 e. The molecule has 0 aliphatic rings. The van der Waals surface area contributed by atoms with Crippen molar-refractivity contribution in [1.29, 1.82) is 0 Å². The molecule has 2 heteroatoms. The van der Waals surface area contributed by atoms with Crippen molar-refractivity contribution in [3.05, 3.63) is 60.2 Å². The summed E-state index contributed by atoms with van der Waals surface area (Å²) in [5.74, 6) is 0. The summed E-state index contributed by atoms with van der Waals surface area (Å²) in [6, 6.07) is 11.9. The quantitative estimate of drug-likeness (QED) is 0.691. The monoisotopic (exact) mass is 171 g/mol. The Morgan fingerprint density at radius 3 is 2.77 bits per heavy atom. The minimum atomic E-state index is 0.0819. The highest BCUT2D eigenvalue weighted by Gasteiger charge is 1.94. The van der Waals surface area contributed by atoms with Crippen LogP contribution in [0.1, 0.15) is 12.6 Å². The smallest absolute Gasteiger partial charge is 0.115 e. The van der Waals surface area contributed by atoms with Crippen molar-refractivity contribution in [1.82, 2.24) is 9.97 Å². The van der Waals surface area contributed by atoms with E-state index in [2.05, 4.69) is 9.97 Å². The number of nitrogens with zero attached hydrogens (tertiary/aromatic N) is 2. The van der Waals surface area contributed by atoms with Crippen molar-refractivity contribution in [2.45, 2.75) is 6.42 Å². The summed E-state index contributed by atoms with van der Waals surface area (Å²) in [7, 11) is 0. The van der Waals surface area contributed by atoms with E-state index < -0.39 is 0 Å². The lowest BCUT2D eigenvalue weighted by Gasteiger charge is -1.98. The summed E-state index contributed by atoms with van der Waals surface area (Å²) in [6.07, 6.45) is 2.46. The Hall–Kier alpha value is -1.70. The summed E-state index contributed by atoms with van der Waals surface area (Å²) in [6.45, 7) is 0. The van der Waals surface area contributed by atoms with Gasteiger partial charge in [-0.15, -0.1) is 0 Å². The minimum absolute atomic E-state index is 0.0819. The molecule has 1 aromatic heterocycles. The first-order valence-electron chi connectivity index (χ1n) is 4.67. The molecule has 64 valence electrons. The highest BCUT2D eigenvalue weighted by Crippen LogP contribution is 2.04. The molecule has 2 nitrogen and oxygen atoms in total. The van der Waals surface area contributed by atoms with Crippen LogP contribution in [-0.4, -0.2) is 9.97 Å². The Balaban J connectivity index is 2.19. The second-order valence-electron chi connectivity index (χ2n) is 2.81. The molecular weight excluding hydrogens is 160 g/mol. The van der Waals surface area contributed by atoms with Crippen LogP contribution in [0.15, 0.2) is 48.9 Å². The summed E-state index contributed by atoms with van der Waals surface area (Å²) >= 11 is 0. The highest BCUT2D eigenvalue weighted by molar-refractivity contribution is 5.20. The van der Waals surface area contributed by atoms with Crippen LogP contribution >= 0.6 is 0 Å². The average Bonchev–Trinajstić information content (AvgIpc) is 2.19. The molecule has 0 N–H and O–H groups in total. The summed E-state index contributed by atoms with van der Waals surface area (Å²) in [4.78, 5) is 7.76. The molecule has 0 fully saturated rings. The Labute approximate surface area is 78.7 Å². The van der Waals surface area contributed by atoms with Crippen molar-refractivity contribution >= 4 is 0 Å². The van der Waals surface area contributed by atoms with Gasteiger partial charge in [-0.2, -0.15) is 0 Å². The lowest BCUT2D eigenvalue weighted by Crippen LogP contribution is -1.91. The van der Waals surface area contributed by atoms with Crippen LogP contribution < -0.4 is 0 Å². The molecule has 1 aromatic carbocycles. The first-order chi connectivity index (χ1) is 6.84. The second kappa shape index (κ2) is 3.81. The minimum Gasteiger partial charge on any atom is -0.245 e. The number of benzene rings is 1. The van der Waals surface area contributed by atoms with Crippen molar-refractivity contribution in [3.63, 3.8) is 0 Å². The highest BCUT2D eigenvalue weighted by atomic mass is 14.8. The van der Waals surface area contributed by atoms with Crippen LogP contribution in [0.4, 0.5) is 0 Å². The third-order valence-electron chi connectivity index (χ3n) is 1.82. The van der Waals surface area contributed by atoms with Gasteiger partial charge in [0, 0.05) is 18.3 Å². The van der Waals surface area contributed by atoms with Crippen LogP contribution in [-0.2, 0) is 6.42 Å². The molecular formula is C11H10N2. The number of hydrogen-bond acceptors (Lipinski definition) is 2. The van der Waals surface area contributed by atoms with Gasteiger partial charge in [0.15, 0.2) is 0 Å². The van der Waals surface area contributed by atoms with Crippen LogP contribution in [0.2, 0.25) is 0 Å². The van der Waals surface area contributed by atoms with Gasteiger partial charge in [0.05, 0.1) is 0 Å². The van der Waals surface area contributed by atoms with Crippen molar-refractivity contribution in [3.8, 4) is 0 Å². The van der Waals surface area contributed by atoms with E-state index in [0.717, 1.165) is 12.1 Å². The third kappa shape index (κ3) is 2.12. The zero-order valence-corrected chi connectivity index (χ0v) is 7.14. The van der Waals surface area contributed by atoms with Gasteiger partial charge in [0.1, 0.15) is 7.67 Å². The molecule has 0 atom stereocenters. The van der Waals surface area contributed by atoms with E-state index in [1.54, 1.807) is 6.20 Å². The van der Waals surface area contributed by atoms with Gasteiger partial charge >= 0.3 is 0 Å². The molecule has 0 radical (unpaired) electrons. The maximum absolute atomic E-state index is 7.28. The molecule has 0 saturated heterocycles. The molecule has 0 saturated carbocycles. The van der Waals surface area contributed by atoms with E-state index in [-0.39, 0.29) is 6.30 Å². The molecule has 13 heavy (non-hydrogen) atoms. The summed E-state index contributed by atoms with van der Waals surface area (Å²) in [5.41, 5.74) is 2.09. The lowest BCUT2D eigenvalue weighted by atomic mass is 10.1. The lowest BCUT2D eigenvalue weighted by molar-refractivity contribution is 1.03. The topological polar surface area (TPSA) is 25.8 Å². The molecule has 0 amide bonds. The van der Waals surface area contributed by atoms with Crippen LogP contribution in [0.25, 0.3) is 0 Å². The number of aromatic nitrogens is 2. The van der Waals surface area contributed by atoms with Gasteiger partial charge in [0.25, 0.3) is 0 Å². The van der Waals surface area contributed by atoms with Gasteiger partial charge in [-0.05, 0) is 11.6 Å². The van der Waals surface area contributed by atoms with E-state index in [9.17, 15) is 0 Å². The Morgan fingerprint density at radius 2 is 2.00 bits per heavy atom. The van der Waals surface area contributed by atoms with E-state index >= 15 is 0 Å². The fourth-order valence-corrected chi connectivity index (χ4v) is 1.19. The van der Waals surface area contributed by atoms with Gasteiger partial charge in [0.2, 0.25) is 0 Å². The van der Waals surface area contributed by atoms with Gasteiger partial charge in [-0.3, -0.25) is 0 Å². The zero-order valence-electron chi connectivity index (χ0n) is 8.14. The molecule has 0 unspecified atom stereocenters. The Bertz CT molecular complexity index is 415. The summed E-state index contributed by atoms with van der Waals surface area (Å²) < 4.78 is 7.28. The fraction of sp³-hybridized carbons (Fsp3) is 0.0909. The predicted molar refractivity (Wildman–Crippen MR) is 51.3 cm³/mol. The normalized spacial score (nSPS) is 10.9. The second-order valence-corrected chi connectivity index (χ2v) is 2.81. The van der Waals surface area contributed by atoms with E-state index in [1.165, 1.54) is 5.56 Å². The molecule has 0 bridgehead atoms. The molecule has 1 heterocycles. The molecule has 0 aliphatic carbocycles. The van der Waals surface area contributed by atoms with Crippen molar-refractivity contribution in [2.75, 3.05) is 0 Å². The Morgan fingerprint density at radius 1 is 1.15 bits per heavy atom. The number of hydrogen-bond donors (Lipinski definition) is 0. The number of rotatable bonds is 2. The predicted octanol–water partition coefficient (Wildman–Crippen LogP) is 2.07. The molecule has 2 aromatic rings. The third-order valence-corrected chi connectivity index (χ3v) is 1.82. The SMILES string of the molecule is [2H]c1nccc(Cc2ccccc2)n1. The van der Waals surface area contributed by atoms with Crippen LogP contribution in [0.5, 0.6) is 0 Å². The maximum atomic E-state index is 7.28. The van der Waals surface area contributed by atoms with Crippen molar-refractivity contribution in [2.24, 2.45) is 0 Å².